The van der Waals surface area contributed by atoms with Crippen LogP contribution in [0.3, 0.4) is 0 Å². The topological polar surface area (TPSA) is 124 Å². The number of amides is 2. The Morgan fingerprint density at radius 2 is 1.84 bits per heavy atom. The fraction of sp³-hybridized carbons (Fsp3) is 0.407. The lowest BCUT2D eigenvalue weighted by molar-refractivity contribution is -0.119. The predicted octanol–water partition coefficient (Wildman–Crippen LogP) is 4.00. The van der Waals surface area contributed by atoms with E-state index in [1.807, 2.05) is 19.1 Å². The molecule has 0 bridgehead atoms. The first-order chi connectivity index (χ1) is 18.2. The number of aromatic nitrogens is 2. The van der Waals surface area contributed by atoms with E-state index in [0.29, 0.717) is 18.5 Å². The summed E-state index contributed by atoms with van der Waals surface area (Å²) in [6.07, 6.45) is 7.16. The molecule has 3 N–H and O–H groups in total. The zero-order chi connectivity index (χ0) is 27.2. The van der Waals surface area contributed by atoms with Crippen LogP contribution in [0.5, 0.6) is 5.75 Å². The number of rotatable bonds is 10. The van der Waals surface area contributed by atoms with E-state index in [9.17, 15) is 18.4 Å². The molecule has 0 saturated carbocycles. The Balaban J connectivity index is 1.20. The third kappa shape index (κ3) is 6.64. The molecule has 0 unspecified atom stereocenters. The summed E-state index contributed by atoms with van der Waals surface area (Å²) in [5, 5.41) is 2.16. The monoisotopic (exact) mass is 527 g/mol. The Bertz CT molecular complexity index is 1250. The number of benzene rings is 1. The average molecular weight is 528 g/mol. The van der Waals surface area contributed by atoms with Crippen LogP contribution in [0.4, 0.5) is 14.7 Å². The van der Waals surface area contributed by atoms with E-state index in [4.69, 9.17) is 14.9 Å². The average Bonchev–Trinajstić information content (AvgIpc) is 3.33. The van der Waals surface area contributed by atoms with Crippen LogP contribution < -0.4 is 20.7 Å². The highest BCUT2D eigenvalue weighted by Crippen LogP contribution is 2.27. The van der Waals surface area contributed by atoms with Crippen molar-refractivity contribution in [2.45, 2.75) is 45.6 Å². The molecule has 2 amide bonds. The lowest BCUT2D eigenvalue weighted by atomic mass is 9.92. The van der Waals surface area contributed by atoms with Gasteiger partial charge in [-0.3, -0.25) is 9.59 Å². The van der Waals surface area contributed by atoms with Crippen molar-refractivity contribution in [3.8, 4) is 17.1 Å². The number of ether oxygens (including phenoxy) is 1. The number of anilines is 1. The quantitative estimate of drug-likeness (QED) is 0.382. The Morgan fingerprint density at radius 1 is 1.18 bits per heavy atom. The summed E-state index contributed by atoms with van der Waals surface area (Å²) in [5.41, 5.74) is 5.12. The Kier molecular flexibility index (Phi) is 8.55. The number of halogens is 2. The maximum Gasteiger partial charge on any atom is 0.257 e. The molecular formula is C27H31F2N5O4. The van der Waals surface area contributed by atoms with Gasteiger partial charge in [-0.15, -0.1) is 0 Å². The molecule has 1 aliphatic rings. The molecule has 11 heteroatoms. The molecule has 1 saturated heterocycles. The van der Waals surface area contributed by atoms with Crippen molar-refractivity contribution < 1.29 is 27.5 Å². The van der Waals surface area contributed by atoms with E-state index in [-0.39, 0.29) is 5.75 Å². The molecule has 38 heavy (non-hydrogen) atoms. The van der Waals surface area contributed by atoms with Gasteiger partial charge in [0.15, 0.2) is 0 Å². The van der Waals surface area contributed by atoms with Crippen LogP contribution in [-0.4, -0.2) is 47.5 Å². The van der Waals surface area contributed by atoms with Gasteiger partial charge >= 0.3 is 0 Å². The molecule has 2 aromatic heterocycles. The van der Waals surface area contributed by atoms with Gasteiger partial charge in [0.05, 0.1) is 12.2 Å². The summed E-state index contributed by atoms with van der Waals surface area (Å²) < 4.78 is 39.9. The van der Waals surface area contributed by atoms with Gasteiger partial charge in [-0.1, -0.05) is 0 Å². The van der Waals surface area contributed by atoms with Gasteiger partial charge in [0.2, 0.25) is 11.9 Å². The van der Waals surface area contributed by atoms with Crippen molar-refractivity contribution in [1.82, 2.24) is 15.3 Å². The first-order valence-corrected chi connectivity index (χ1v) is 12.6. The van der Waals surface area contributed by atoms with E-state index >= 15 is 0 Å². The summed E-state index contributed by atoms with van der Waals surface area (Å²) in [5.74, 6) is -1.23. The molecule has 9 nitrogen and oxygen atoms in total. The molecular weight excluding hydrogens is 496 g/mol. The zero-order valence-electron chi connectivity index (χ0n) is 21.4. The smallest absolute Gasteiger partial charge is 0.257 e. The van der Waals surface area contributed by atoms with Crippen LogP contribution in [0.15, 0.2) is 41.1 Å². The van der Waals surface area contributed by atoms with Crippen molar-refractivity contribution in [1.29, 1.82) is 0 Å². The standard InChI is InChI=1S/C27H31F2N5O4/c1-16-5-6-23(38-16)19-14-31-27(32-15-19)34-9-7-18(8-10-34)4-3-11-37-20-12-21(28)24(22(29)13-20)26(36)33-17(2)25(30)35/h5-6,12-15,17-18H,3-4,7-11H2,1-2H3,(H2,30,35)(H,33,36)/t17-/m0/s1. The number of aryl methyl sites for hydroxylation is 1. The number of nitrogens with two attached hydrogens (primary N) is 1. The van der Waals surface area contributed by atoms with Crippen molar-refractivity contribution in [3.05, 3.63) is 59.6 Å². The van der Waals surface area contributed by atoms with Gasteiger partial charge in [0.1, 0.15) is 40.5 Å². The second-order valence-corrected chi connectivity index (χ2v) is 9.46. The van der Waals surface area contributed by atoms with Crippen molar-refractivity contribution in [2.75, 3.05) is 24.6 Å². The fourth-order valence-electron chi connectivity index (χ4n) is 4.38. The van der Waals surface area contributed by atoms with Crippen LogP contribution in [0.1, 0.15) is 48.7 Å². The number of carbonyl (C=O) groups excluding carboxylic acids is 2. The van der Waals surface area contributed by atoms with Crippen LogP contribution in [0.2, 0.25) is 0 Å². The molecule has 1 aromatic carbocycles. The number of furan rings is 1. The Morgan fingerprint density at radius 3 is 2.42 bits per heavy atom. The van der Waals surface area contributed by atoms with Crippen LogP contribution >= 0.6 is 0 Å². The number of carbonyl (C=O) groups is 2. The van der Waals surface area contributed by atoms with Crippen LogP contribution in [0.25, 0.3) is 11.3 Å². The van der Waals surface area contributed by atoms with Crippen molar-refractivity contribution in [2.24, 2.45) is 11.7 Å². The molecule has 3 heterocycles. The predicted molar refractivity (Wildman–Crippen MR) is 137 cm³/mol. The van der Waals surface area contributed by atoms with Gasteiger partial charge in [-0.2, -0.15) is 0 Å². The van der Waals surface area contributed by atoms with Crippen molar-refractivity contribution >= 4 is 17.8 Å². The number of primary amides is 1. The van der Waals surface area contributed by atoms with Crippen molar-refractivity contribution in [3.63, 3.8) is 0 Å². The van der Waals surface area contributed by atoms with Crippen LogP contribution in [-0.2, 0) is 4.79 Å². The lowest BCUT2D eigenvalue weighted by Gasteiger charge is -2.32. The molecule has 0 spiro atoms. The SMILES string of the molecule is Cc1ccc(-c2cnc(N3CCC(CCCOc4cc(F)c(C(=O)N[C@@H](C)C(N)=O)c(F)c4)CC3)nc2)o1. The molecule has 1 fully saturated rings. The van der Waals surface area contributed by atoms with Gasteiger partial charge in [0, 0.05) is 37.6 Å². The molecule has 0 radical (unpaired) electrons. The minimum absolute atomic E-state index is 0.000348. The summed E-state index contributed by atoms with van der Waals surface area (Å²) in [6.45, 7) is 5.20. The first kappa shape index (κ1) is 27.0. The second kappa shape index (κ2) is 12.0. The van der Waals surface area contributed by atoms with E-state index < -0.39 is 35.1 Å². The van der Waals surface area contributed by atoms with Gasteiger partial charge in [-0.05, 0) is 57.6 Å². The van der Waals surface area contributed by atoms with Gasteiger partial charge in [0.25, 0.3) is 5.91 Å². The number of hydrogen-bond donors (Lipinski definition) is 2. The highest BCUT2D eigenvalue weighted by molar-refractivity contribution is 5.97. The zero-order valence-corrected chi connectivity index (χ0v) is 21.4. The molecule has 0 aliphatic carbocycles. The van der Waals surface area contributed by atoms with E-state index in [1.165, 1.54) is 6.92 Å². The highest BCUT2D eigenvalue weighted by Gasteiger charge is 2.23. The summed E-state index contributed by atoms with van der Waals surface area (Å²) in [6, 6.07) is 4.67. The molecule has 1 atom stereocenters. The summed E-state index contributed by atoms with van der Waals surface area (Å²) in [4.78, 5) is 34.3. The maximum absolute atomic E-state index is 14.4. The van der Waals surface area contributed by atoms with Crippen LogP contribution in [0, 0.1) is 24.5 Å². The van der Waals surface area contributed by atoms with Gasteiger partial charge < -0.3 is 25.1 Å². The first-order valence-electron chi connectivity index (χ1n) is 12.6. The minimum atomic E-state index is -1.07. The lowest BCUT2D eigenvalue weighted by Crippen LogP contribution is -2.42. The number of nitrogens with zero attached hydrogens (tertiary/aromatic N) is 3. The second-order valence-electron chi connectivity index (χ2n) is 9.46. The van der Waals surface area contributed by atoms with E-state index in [0.717, 1.165) is 68.0 Å². The summed E-state index contributed by atoms with van der Waals surface area (Å²) >= 11 is 0. The normalized spacial score (nSPS) is 14.8. The Labute approximate surface area is 219 Å². The van der Waals surface area contributed by atoms with E-state index in [1.54, 1.807) is 12.4 Å². The fourth-order valence-corrected chi connectivity index (χ4v) is 4.38. The third-order valence-corrected chi connectivity index (χ3v) is 6.60. The molecule has 1 aliphatic heterocycles. The number of hydrogen-bond acceptors (Lipinski definition) is 7. The maximum atomic E-state index is 14.4. The number of nitrogens with one attached hydrogen (secondary N) is 1. The molecule has 202 valence electrons. The minimum Gasteiger partial charge on any atom is -0.493 e. The van der Waals surface area contributed by atoms with E-state index in [2.05, 4.69) is 20.2 Å². The Hall–Kier alpha value is -4.02. The largest absolute Gasteiger partial charge is 0.493 e. The summed E-state index contributed by atoms with van der Waals surface area (Å²) in [7, 11) is 0. The van der Waals surface area contributed by atoms with Gasteiger partial charge in [-0.25, -0.2) is 18.7 Å². The molecule has 3 aromatic rings. The third-order valence-electron chi connectivity index (χ3n) is 6.60. The molecule has 4 rings (SSSR count). The number of piperidine rings is 1. The highest BCUT2D eigenvalue weighted by atomic mass is 19.1.